The maximum atomic E-state index is 12.8. The van der Waals surface area contributed by atoms with Crippen LogP contribution in [-0.2, 0) is 17.8 Å². The predicted octanol–water partition coefficient (Wildman–Crippen LogP) is 1.49. The lowest BCUT2D eigenvalue weighted by atomic mass is 10.1. The molecule has 0 radical (unpaired) electrons. The number of nitrogens with one attached hydrogen (secondary N) is 1. The number of hydrogen-bond donors (Lipinski definition) is 2. The zero-order valence-electron chi connectivity index (χ0n) is 20.1. The van der Waals surface area contributed by atoms with Crippen LogP contribution in [0.4, 0.5) is 0 Å². The maximum absolute atomic E-state index is 12.8. The number of ether oxygens (including phenoxy) is 1. The van der Waals surface area contributed by atoms with E-state index in [1.165, 1.54) is 0 Å². The molecular formula is C24H35N7O3. The van der Waals surface area contributed by atoms with Crippen LogP contribution in [0.15, 0.2) is 29.1 Å². The first-order chi connectivity index (χ1) is 16.6. The fraction of sp³-hybridized carbons (Fsp3) is 0.583. The average Bonchev–Trinajstić information content (AvgIpc) is 3.29. The highest BCUT2D eigenvalue weighted by Gasteiger charge is 2.25. The van der Waals surface area contributed by atoms with Crippen molar-refractivity contribution in [2.24, 2.45) is 0 Å². The molecule has 0 aliphatic carbocycles. The topological polar surface area (TPSA) is 112 Å². The van der Waals surface area contributed by atoms with Gasteiger partial charge in [0.2, 0.25) is 0 Å². The third-order valence-electron chi connectivity index (χ3n) is 6.47. The first-order valence-electron chi connectivity index (χ1n) is 12.1. The van der Waals surface area contributed by atoms with Crippen LogP contribution >= 0.6 is 0 Å². The summed E-state index contributed by atoms with van der Waals surface area (Å²) in [5.41, 5.74) is 2.51. The van der Waals surface area contributed by atoms with Crippen molar-refractivity contribution in [3.63, 3.8) is 0 Å². The van der Waals surface area contributed by atoms with Crippen molar-refractivity contribution in [3.8, 4) is 0 Å². The summed E-state index contributed by atoms with van der Waals surface area (Å²) in [5.74, 6) is 0.769. The molecule has 0 saturated carbocycles. The molecule has 2 N–H and O–H groups in total. The molecule has 1 atom stereocenters. The maximum Gasteiger partial charge on any atom is 0.252 e. The number of aliphatic hydroxyl groups is 1. The molecule has 10 nitrogen and oxygen atoms in total. The van der Waals surface area contributed by atoms with E-state index in [1.807, 2.05) is 29.8 Å². The molecule has 184 valence electrons. The third-order valence-corrected chi connectivity index (χ3v) is 6.47. The zero-order chi connectivity index (χ0) is 23.9. The molecular weight excluding hydrogens is 434 g/mol. The van der Waals surface area contributed by atoms with Crippen molar-refractivity contribution in [1.82, 2.24) is 35.0 Å². The molecule has 1 aliphatic heterocycles. The lowest BCUT2D eigenvalue weighted by Gasteiger charge is -2.30. The molecule has 1 saturated heterocycles. The number of rotatable bonds is 11. The number of fused-ring (bicyclic) bond motifs is 1. The minimum Gasteiger partial charge on any atom is -0.395 e. The van der Waals surface area contributed by atoms with Gasteiger partial charge in [0, 0.05) is 50.3 Å². The Labute approximate surface area is 199 Å². The van der Waals surface area contributed by atoms with Gasteiger partial charge in [-0.25, -0.2) is 4.68 Å². The van der Waals surface area contributed by atoms with Crippen LogP contribution < -0.4 is 5.56 Å². The Morgan fingerprint density at radius 2 is 2.06 bits per heavy atom. The first-order valence-corrected chi connectivity index (χ1v) is 12.1. The average molecular weight is 470 g/mol. The number of tetrazole rings is 1. The van der Waals surface area contributed by atoms with Crippen LogP contribution in [0.3, 0.4) is 0 Å². The minimum atomic E-state index is -0.113. The summed E-state index contributed by atoms with van der Waals surface area (Å²) in [6.07, 6.45) is 1.70. The van der Waals surface area contributed by atoms with E-state index in [4.69, 9.17) is 4.74 Å². The summed E-state index contributed by atoms with van der Waals surface area (Å²) in [5, 5.41) is 23.3. The molecule has 34 heavy (non-hydrogen) atoms. The van der Waals surface area contributed by atoms with E-state index in [0.29, 0.717) is 18.7 Å². The molecule has 0 amide bonds. The summed E-state index contributed by atoms with van der Waals surface area (Å²) >= 11 is 0. The van der Waals surface area contributed by atoms with E-state index >= 15 is 0 Å². The Morgan fingerprint density at radius 3 is 2.82 bits per heavy atom. The van der Waals surface area contributed by atoms with Crippen LogP contribution in [0.25, 0.3) is 10.9 Å². The summed E-state index contributed by atoms with van der Waals surface area (Å²) in [6.45, 7) is 10.1. The number of benzene rings is 1. The predicted molar refractivity (Wildman–Crippen MR) is 130 cm³/mol. The molecule has 3 aromatic rings. The number of aliphatic hydroxyl groups excluding tert-OH is 1. The number of aryl methyl sites for hydroxylation is 2. The molecule has 10 heteroatoms. The fourth-order valence-electron chi connectivity index (χ4n) is 4.66. The largest absolute Gasteiger partial charge is 0.395 e. The summed E-state index contributed by atoms with van der Waals surface area (Å²) in [6, 6.07) is 7.82. The molecule has 1 aliphatic rings. The normalized spacial score (nSPS) is 15.9. The Morgan fingerprint density at radius 1 is 1.24 bits per heavy atom. The highest BCUT2D eigenvalue weighted by molar-refractivity contribution is 5.79. The number of aromatic amines is 1. The minimum absolute atomic E-state index is 0.0142. The van der Waals surface area contributed by atoms with Gasteiger partial charge in [-0.05, 0) is 53.8 Å². The molecule has 2 aromatic heterocycles. The van der Waals surface area contributed by atoms with E-state index in [2.05, 4.69) is 43.3 Å². The van der Waals surface area contributed by atoms with Gasteiger partial charge in [0.25, 0.3) is 5.56 Å². The molecule has 0 spiro atoms. The SMILES string of the molecule is CCC(c1nnnn1CCCN1CCOCC1)N(CCO)Cc1cc2cc(C)ccc2[nH]c1=O. The van der Waals surface area contributed by atoms with Gasteiger partial charge in [-0.1, -0.05) is 18.6 Å². The second-order valence-electron chi connectivity index (χ2n) is 8.90. The fourth-order valence-corrected chi connectivity index (χ4v) is 4.66. The quantitative estimate of drug-likeness (QED) is 0.434. The standard InChI is InChI=1S/C24H35N7O3/c1-3-22(23-26-27-28-31(23)8-4-7-29-10-13-34-14-11-29)30(9-12-32)17-20-16-19-15-18(2)5-6-21(19)25-24(20)33/h5-6,15-16,22,32H,3-4,7-14,17H2,1-2H3,(H,25,33). The molecule has 1 unspecified atom stereocenters. The van der Waals surface area contributed by atoms with Crippen molar-refractivity contribution in [1.29, 1.82) is 0 Å². The molecule has 4 rings (SSSR count). The van der Waals surface area contributed by atoms with Gasteiger partial charge >= 0.3 is 0 Å². The molecule has 3 heterocycles. The van der Waals surface area contributed by atoms with E-state index in [-0.39, 0.29) is 18.2 Å². The van der Waals surface area contributed by atoms with Gasteiger partial charge < -0.3 is 14.8 Å². The van der Waals surface area contributed by atoms with Gasteiger partial charge in [-0.2, -0.15) is 0 Å². The van der Waals surface area contributed by atoms with E-state index in [0.717, 1.165) is 74.5 Å². The smallest absolute Gasteiger partial charge is 0.252 e. The third kappa shape index (κ3) is 5.87. The lowest BCUT2D eigenvalue weighted by Crippen LogP contribution is -2.37. The van der Waals surface area contributed by atoms with Crippen LogP contribution in [-0.4, -0.2) is 86.1 Å². The number of morpholine rings is 1. The Kier molecular flexibility index (Phi) is 8.39. The number of H-pyrrole nitrogens is 1. The molecule has 1 fully saturated rings. The van der Waals surface area contributed by atoms with E-state index in [9.17, 15) is 9.90 Å². The van der Waals surface area contributed by atoms with Crippen molar-refractivity contribution >= 4 is 10.9 Å². The summed E-state index contributed by atoms with van der Waals surface area (Å²) in [4.78, 5) is 20.3. The van der Waals surface area contributed by atoms with E-state index in [1.54, 1.807) is 0 Å². The summed E-state index contributed by atoms with van der Waals surface area (Å²) < 4.78 is 7.29. The Balaban J connectivity index is 1.51. The van der Waals surface area contributed by atoms with Crippen LogP contribution in [0.2, 0.25) is 0 Å². The Bertz CT molecular complexity index is 1120. The highest BCUT2D eigenvalue weighted by Crippen LogP contribution is 2.24. The van der Waals surface area contributed by atoms with Crippen LogP contribution in [0.1, 0.15) is 42.8 Å². The van der Waals surface area contributed by atoms with Crippen molar-refractivity contribution in [2.75, 3.05) is 46.0 Å². The second-order valence-corrected chi connectivity index (χ2v) is 8.90. The van der Waals surface area contributed by atoms with Crippen molar-refractivity contribution in [2.45, 2.75) is 45.8 Å². The number of aromatic nitrogens is 5. The number of nitrogens with zero attached hydrogens (tertiary/aromatic N) is 6. The number of pyridine rings is 1. The molecule has 1 aromatic carbocycles. The van der Waals surface area contributed by atoms with Gasteiger partial charge in [-0.3, -0.25) is 14.6 Å². The monoisotopic (exact) mass is 469 g/mol. The highest BCUT2D eigenvalue weighted by atomic mass is 16.5. The van der Waals surface area contributed by atoms with E-state index < -0.39 is 0 Å². The second kappa shape index (κ2) is 11.7. The van der Waals surface area contributed by atoms with Crippen LogP contribution in [0.5, 0.6) is 0 Å². The van der Waals surface area contributed by atoms with Crippen LogP contribution in [0, 0.1) is 6.92 Å². The Hall–Kier alpha value is -2.66. The van der Waals surface area contributed by atoms with Crippen molar-refractivity contribution in [3.05, 3.63) is 51.6 Å². The van der Waals surface area contributed by atoms with Gasteiger partial charge in [0.1, 0.15) is 0 Å². The lowest BCUT2D eigenvalue weighted by molar-refractivity contribution is 0.0367. The first kappa shape index (κ1) is 24.5. The summed E-state index contributed by atoms with van der Waals surface area (Å²) in [7, 11) is 0. The van der Waals surface area contributed by atoms with Gasteiger partial charge in [-0.15, -0.1) is 5.10 Å². The van der Waals surface area contributed by atoms with Gasteiger partial charge in [0.05, 0.1) is 25.9 Å². The number of hydrogen-bond acceptors (Lipinski definition) is 8. The molecule has 0 bridgehead atoms. The zero-order valence-corrected chi connectivity index (χ0v) is 20.1. The van der Waals surface area contributed by atoms with Gasteiger partial charge in [0.15, 0.2) is 5.82 Å². The van der Waals surface area contributed by atoms with Crippen molar-refractivity contribution < 1.29 is 9.84 Å².